The number of rotatable bonds is 3. The highest BCUT2D eigenvalue weighted by Crippen LogP contribution is 2.18. The number of aromatic amines is 1. The van der Waals surface area contributed by atoms with Gasteiger partial charge in [-0.3, -0.25) is 4.79 Å². The number of aromatic nitrogens is 1. The number of anilines is 1. The summed E-state index contributed by atoms with van der Waals surface area (Å²) in [5.41, 5.74) is 6.91. The van der Waals surface area contributed by atoms with E-state index in [-0.39, 0.29) is 12.6 Å². The Morgan fingerprint density at radius 3 is 2.64 bits per heavy atom. The number of nitrogens with two attached hydrogens (primary N) is 1. The average Bonchev–Trinajstić information content (AvgIpc) is 2.79. The van der Waals surface area contributed by atoms with E-state index in [0.717, 1.165) is 10.9 Å². The van der Waals surface area contributed by atoms with Gasteiger partial charge in [-0.1, -0.05) is 6.07 Å². The summed E-state index contributed by atoms with van der Waals surface area (Å²) in [6, 6.07) is 7.07. The number of amides is 2. The third-order valence-electron chi connectivity index (χ3n) is 2.77. The Balaban J connectivity index is 1.90. The molecule has 0 bridgehead atoms. The lowest BCUT2D eigenvalue weighted by molar-refractivity contribution is 0.0523. The monoisotopic (exact) mass is 304 g/mol. The van der Waals surface area contributed by atoms with Crippen molar-refractivity contribution >= 4 is 28.6 Å². The number of benzene rings is 1. The van der Waals surface area contributed by atoms with Gasteiger partial charge in [-0.15, -0.1) is 0 Å². The molecule has 7 nitrogen and oxygen atoms in total. The van der Waals surface area contributed by atoms with Crippen LogP contribution in [0.15, 0.2) is 24.3 Å². The van der Waals surface area contributed by atoms with E-state index in [4.69, 9.17) is 10.5 Å². The van der Waals surface area contributed by atoms with Gasteiger partial charge in [0.05, 0.1) is 6.67 Å². The number of nitrogen functional groups attached to an aromatic ring is 1. The molecular weight excluding hydrogens is 284 g/mol. The molecule has 0 aliphatic heterocycles. The summed E-state index contributed by atoms with van der Waals surface area (Å²) in [6.45, 7) is 5.27. The molecule has 5 N–H and O–H groups in total. The van der Waals surface area contributed by atoms with Crippen molar-refractivity contribution in [3.8, 4) is 0 Å². The molecule has 2 aromatic rings. The second-order valence-corrected chi connectivity index (χ2v) is 5.89. The molecular formula is C15H20N4O3. The molecule has 0 fully saturated rings. The van der Waals surface area contributed by atoms with E-state index in [2.05, 4.69) is 15.6 Å². The van der Waals surface area contributed by atoms with Crippen LogP contribution in [-0.2, 0) is 4.74 Å². The molecule has 2 amide bonds. The molecule has 0 radical (unpaired) electrons. The van der Waals surface area contributed by atoms with Crippen molar-refractivity contribution in [1.29, 1.82) is 0 Å². The minimum absolute atomic E-state index is 0.0226. The van der Waals surface area contributed by atoms with E-state index < -0.39 is 11.7 Å². The van der Waals surface area contributed by atoms with Gasteiger partial charge in [0.2, 0.25) is 0 Å². The Kier molecular flexibility index (Phi) is 4.25. The Hall–Kier alpha value is -2.70. The zero-order valence-electron chi connectivity index (χ0n) is 12.8. The quantitative estimate of drug-likeness (QED) is 0.513. The molecule has 22 heavy (non-hydrogen) atoms. The first-order chi connectivity index (χ1) is 10.2. The van der Waals surface area contributed by atoms with Crippen LogP contribution in [0.5, 0.6) is 0 Å². The fraction of sp³-hybridized carbons (Fsp3) is 0.333. The number of alkyl carbamates (subject to hydrolysis) is 1. The van der Waals surface area contributed by atoms with Crippen molar-refractivity contribution in [3.05, 3.63) is 30.0 Å². The molecule has 0 unspecified atom stereocenters. The van der Waals surface area contributed by atoms with E-state index >= 15 is 0 Å². The Labute approximate surface area is 128 Å². The average molecular weight is 304 g/mol. The zero-order valence-corrected chi connectivity index (χ0v) is 12.8. The van der Waals surface area contributed by atoms with E-state index in [1.807, 2.05) is 6.07 Å². The predicted molar refractivity (Wildman–Crippen MR) is 84.4 cm³/mol. The smallest absolute Gasteiger partial charge is 0.409 e. The number of H-pyrrole nitrogens is 1. The van der Waals surface area contributed by atoms with Crippen LogP contribution in [0.1, 0.15) is 31.3 Å². The van der Waals surface area contributed by atoms with E-state index in [0.29, 0.717) is 11.4 Å². The Bertz CT molecular complexity index is 700. The SMILES string of the molecule is CC(C)(C)OC(=O)NCNC(=O)c1cc2ccc(N)cc2[nH]1. The van der Waals surface area contributed by atoms with Crippen molar-refractivity contribution in [3.63, 3.8) is 0 Å². The summed E-state index contributed by atoms with van der Waals surface area (Å²) in [7, 11) is 0. The first-order valence-corrected chi connectivity index (χ1v) is 6.88. The molecule has 0 aliphatic rings. The van der Waals surface area contributed by atoms with Gasteiger partial charge in [-0.05, 0) is 39.0 Å². The highest BCUT2D eigenvalue weighted by Gasteiger charge is 2.16. The third-order valence-corrected chi connectivity index (χ3v) is 2.77. The van der Waals surface area contributed by atoms with Crippen LogP contribution in [0, 0.1) is 0 Å². The number of hydrogen-bond donors (Lipinski definition) is 4. The second-order valence-electron chi connectivity index (χ2n) is 5.89. The van der Waals surface area contributed by atoms with Gasteiger partial charge in [0.1, 0.15) is 11.3 Å². The lowest BCUT2D eigenvalue weighted by Crippen LogP contribution is -2.40. The maximum absolute atomic E-state index is 12.0. The number of carbonyl (C=O) groups is 2. The van der Waals surface area contributed by atoms with Crippen molar-refractivity contribution in [1.82, 2.24) is 15.6 Å². The molecule has 0 saturated heterocycles. The predicted octanol–water partition coefficient (Wildman–Crippen LogP) is 1.96. The number of nitrogens with one attached hydrogen (secondary N) is 3. The Morgan fingerprint density at radius 1 is 1.23 bits per heavy atom. The summed E-state index contributed by atoms with van der Waals surface area (Å²) in [6.07, 6.45) is -0.586. The van der Waals surface area contributed by atoms with E-state index in [9.17, 15) is 9.59 Å². The fourth-order valence-corrected chi connectivity index (χ4v) is 1.87. The van der Waals surface area contributed by atoms with Crippen molar-refractivity contribution in [2.45, 2.75) is 26.4 Å². The van der Waals surface area contributed by atoms with Crippen LogP contribution < -0.4 is 16.4 Å². The third kappa shape index (κ3) is 4.15. The molecule has 118 valence electrons. The maximum Gasteiger partial charge on any atom is 0.409 e. The molecule has 2 rings (SSSR count). The molecule has 0 aliphatic carbocycles. The molecule has 1 heterocycles. The van der Waals surface area contributed by atoms with Crippen LogP contribution in [0.4, 0.5) is 10.5 Å². The van der Waals surface area contributed by atoms with Gasteiger partial charge < -0.3 is 26.1 Å². The van der Waals surface area contributed by atoms with E-state index in [1.165, 1.54) is 0 Å². The van der Waals surface area contributed by atoms with Crippen LogP contribution in [0.25, 0.3) is 10.9 Å². The first kappa shape index (κ1) is 15.7. The van der Waals surface area contributed by atoms with Crippen LogP contribution in [-0.4, -0.2) is 29.3 Å². The highest BCUT2D eigenvalue weighted by atomic mass is 16.6. The van der Waals surface area contributed by atoms with Crippen LogP contribution >= 0.6 is 0 Å². The van der Waals surface area contributed by atoms with Gasteiger partial charge >= 0.3 is 6.09 Å². The largest absolute Gasteiger partial charge is 0.444 e. The normalized spacial score (nSPS) is 11.2. The molecule has 0 spiro atoms. The summed E-state index contributed by atoms with van der Waals surface area (Å²) in [5.74, 6) is -0.328. The van der Waals surface area contributed by atoms with Crippen molar-refractivity contribution < 1.29 is 14.3 Å². The second kappa shape index (κ2) is 5.97. The maximum atomic E-state index is 12.0. The summed E-state index contributed by atoms with van der Waals surface area (Å²) in [4.78, 5) is 26.4. The van der Waals surface area contributed by atoms with Gasteiger partial charge in [0.15, 0.2) is 0 Å². The molecule has 0 saturated carbocycles. The number of carbonyl (C=O) groups excluding carboxylic acids is 2. The number of fused-ring (bicyclic) bond motifs is 1. The minimum Gasteiger partial charge on any atom is -0.444 e. The highest BCUT2D eigenvalue weighted by molar-refractivity contribution is 5.98. The molecule has 1 aromatic heterocycles. The Morgan fingerprint density at radius 2 is 1.95 bits per heavy atom. The summed E-state index contributed by atoms with van der Waals surface area (Å²) >= 11 is 0. The lowest BCUT2D eigenvalue weighted by atomic mass is 10.2. The topological polar surface area (TPSA) is 109 Å². The molecule has 0 atom stereocenters. The first-order valence-electron chi connectivity index (χ1n) is 6.88. The van der Waals surface area contributed by atoms with E-state index in [1.54, 1.807) is 39.0 Å². The fourth-order valence-electron chi connectivity index (χ4n) is 1.87. The molecule has 7 heteroatoms. The van der Waals surface area contributed by atoms with Gasteiger partial charge in [0.25, 0.3) is 5.91 Å². The van der Waals surface area contributed by atoms with Crippen LogP contribution in [0.2, 0.25) is 0 Å². The van der Waals surface area contributed by atoms with Crippen LogP contribution in [0.3, 0.4) is 0 Å². The van der Waals surface area contributed by atoms with Crippen molar-refractivity contribution in [2.75, 3.05) is 12.4 Å². The number of ether oxygens (including phenoxy) is 1. The van der Waals surface area contributed by atoms with Crippen molar-refractivity contribution in [2.24, 2.45) is 0 Å². The van der Waals surface area contributed by atoms with Gasteiger partial charge in [-0.25, -0.2) is 4.79 Å². The van der Waals surface area contributed by atoms with Gasteiger partial charge in [-0.2, -0.15) is 0 Å². The standard InChI is InChI=1S/C15H20N4O3/c1-15(2,3)22-14(21)18-8-17-13(20)12-6-9-4-5-10(16)7-11(9)19-12/h4-7,19H,8,16H2,1-3H3,(H,17,20)(H,18,21). The summed E-state index contributed by atoms with van der Waals surface area (Å²) in [5, 5.41) is 5.92. The minimum atomic E-state index is -0.586. The van der Waals surface area contributed by atoms with Gasteiger partial charge in [0, 0.05) is 16.6 Å². The summed E-state index contributed by atoms with van der Waals surface area (Å²) < 4.78 is 5.06. The number of hydrogen-bond acceptors (Lipinski definition) is 4. The zero-order chi connectivity index (χ0) is 16.3. The molecule has 1 aromatic carbocycles. The lowest BCUT2D eigenvalue weighted by Gasteiger charge is -2.19.